The molecule has 0 amide bonds. The van der Waals surface area contributed by atoms with Crippen LogP contribution in [-0.2, 0) is 0 Å². The van der Waals surface area contributed by atoms with Crippen LogP contribution in [0.15, 0.2) is 27.8 Å². The average Bonchev–Trinajstić information content (AvgIpc) is 2.40. The predicted molar refractivity (Wildman–Crippen MR) is 81.0 cm³/mol. The quantitative estimate of drug-likeness (QED) is 0.503. The van der Waals surface area contributed by atoms with Gasteiger partial charge in [0.05, 0.1) is 11.0 Å². The largest absolute Gasteiger partial charge is 0.316 e. The summed E-state index contributed by atoms with van der Waals surface area (Å²) in [6, 6.07) is 5.72. The van der Waals surface area contributed by atoms with Crippen molar-refractivity contribution in [3.8, 4) is 0 Å². The van der Waals surface area contributed by atoms with Crippen LogP contribution in [0.25, 0.3) is 11.0 Å². The maximum Gasteiger partial charge on any atom is 0.314 e. The first-order valence-electron chi connectivity index (χ1n) is 6.52. The van der Waals surface area contributed by atoms with Gasteiger partial charge in [0.2, 0.25) is 0 Å². The van der Waals surface area contributed by atoms with E-state index in [1.807, 2.05) is 18.2 Å². The highest BCUT2D eigenvalue weighted by molar-refractivity contribution is 9.09. The number of alkyl halides is 1. The van der Waals surface area contributed by atoms with Crippen LogP contribution in [0, 0.1) is 0 Å². The molecule has 2 aromatic rings. The molecule has 0 aliphatic carbocycles. The van der Waals surface area contributed by atoms with Crippen LogP contribution in [0.2, 0.25) is 0 Å². The lowest BCUT2D eigenvalue weighted by Gasteiger charge is -2.10. The first-order valence-corrected chi connectivity index (χ1v) is 7.43. The van der Waals surface area contributed by atoms with E-state index in [2.05, 4.69) is 32.8 Å². The van der Waals surface area contributed by atoms with Crippen LogP contribution in [0.5, 0.6) is 0 Å². The van der Waals surface area contributed by atoms with Crippen molar-refractivity contribution in [2.45, 2.75) is 37.4 Å². The Morgan fingerprint density at radius 3 is 2.47 bits per heavy atom. The lowest BCUT2D eigenvalue weighted by atomic mass is 10.1. The third kappa shape index (κ3) is 3.35. The van der Waals surface area contributed by atoms with Crippen LogP contribution in [0.1, 0.15) is 43.0 Å². The predicted octanol–water partition coefficient (Wildman–Crippen LogP) is 3.23. The van der Waals surface area contributed by atoms with E-state index in [9.17, 15) is 9.59 Å². The molecule has 1 aromatic heterocycles. The maximum absolute atomic E-state index is 11.3. The number of hydrogen-bond donors (Lipinski definition) is 2. The Hall–Kier alpha value is -1.36. The minimum atomic E-state index is -0.612. The van der Waals surface area contributed by atoms with Crippen LogP contribution >= 0.6 is 15.9 Å². The molecular formula is C14H17BrN2O2. The highest BCUT2D eigenvalue weighted by Gasteiger charge is 2.08. The fourth-order valence-corrected chi connectivity index (χ4v) is 2.68. The van der Waals surface area contributed by atoms with Gasteiger partial charge in [-0.15, -0.1) is 0 Å². The van der Waals surface area contributed by atoms with E-state index in [4.69, 9.17) is 0 Å². The minimum absolute atomic E-state index is 0.277. The SMILES string of the molecule is CCCCCC(Br)c1ccc2[nH]c(=O)c(=O)[nH]c2c1. The van der Waals surface area contributed by atoms with Crippen LogP contribution < -0.4 is 11.1 Å². The first kappa shape index (κ1) is 14.1. The number of fused-ring (bicyclic) bond motifs is 1. The van der Waals surface area contributed by atoms with Crippen molar-refractivity contribution in [2.75, 3.05) is 0 Å². The van der Waals surface area contributed by atoms with Crippen LogP contribution in [-0.4, -0.2) is 9.97 Å². The van der Waals surface area contributed by atoms with Gasteiger partial charge in [0.15, 0.2) is 0 Å². The van der Waals surface area contributed by atoms with Crippen molar-refractivity contribution >= 4 is 27.0 Å². The summed E-state index contributed by atoms with van der Waals surface area (Å²) in [6.07, 6.45) is 4.66. The van der Waals surface area contributed by atoms with Gasteiger partial charge >= 0.3 is 11.1 Å². The zero-order chi connectivity index (χ0) is 13.8. The fraction of sp³-hybridized carbons (Fsp3) is 0.429. The summed E-state index contributed by atoms with van der Waals surface area (Å²) < 4.78 is 0. The molecule has 0 aliphatic heterocycles. The first-order chi connectivity index (χ1) is 9.11. The summed E-state index contributed by atoms with van der Waals surface area (Å²) >= 11 is 3.67. The van der Waals surface area contributed by atoms with E-state index < -0.39 is 11.1 Å². The summed E-state index contributed by atoms with van der Waals surface area (Å²) in [5.41, 5.74) is 1.22. The molecule has 1 unspecified atom stereocenters. The molecule has 2 N–H and O–H groups in total. The second-order valence-corrected chi connectivity index (χ2v) is 5.78. The van der Waals surface area contributed by atoms with Crippen LogP contribution in [0.4, 0.5) is 0 Å². The molecule has 0 aliphatic rings. The average molecular weight is 325 g/mol. The molecule has 0 bridgehead atoms. The van der Waals surface area contributed by atoms with E-state index in [1.54, 1.807) is 0 Å². The minimum Gasteiger partial charge on any atom is -0.316 e. The lowest BCUT2D eigenvalue weighted by molar-refractivity contribution is 0.664. The molecule has 1 atom stereocenters. The standard InChI is InChI=1S/C14H17BrN2O2/c1-2-3-4-5-10(15)9-6-7-11-12(8-9)17-14(19)13(18)16-11/h6-8,10H,2-5H2,1H3,(H,16,18)(H,17,19). The molecule has 0 fully saturated rings. The highest BCUT2D eigenvalue weighted by atomic mass is 79.9. The third-order valence-electron chi connectivity index (χ3n) is 3.17. The number of nitrogens with one attached hydrogen (secondary N) is 2. The molecule has 19 heavy (non-hydrogen) atoms. The van der Waals surface area contributed by atoms with Gasteiger partial charge in [-0.05, 0) is 24.1 Å². The Morgan fingerprint density at radius 1 is 1.11 bits per heavy atom. The zero-order valence-corrected chi connectivity index (χ0v) is 12.4. The smallest absolute Gasteiger partial charge is 0.314 e. The number of H-pyrrole nitrogens is 2. The lowest BCUT2D eigenvalue weighted by Crippen LogP contribution is -2.28. The monoisotopic (exact) mass is 324 g/mol. The number of rotatable bonds is 5. The molecule has 5 heteroatoms. The van der Waals surface area contributed by atoms with Crippen molar-refractivity contribution in [3.63, 3.8) is 0 Å². The highest BCUT2D eigenvalue weighted by Crippen LogP contribution is 2.29. The van der Waals surface area contributed by atoms with Crippen molar-refractivity contribution in [3.05, 3.63) is 44.5 Å². The maximum atomic E-state index is 11.3. The van der Waals surface area contributed by atoms with Gasteiger partial charge in [0.25, 0.3) is 0 Å². The number of aromatic nitrogens is 2. The molecule has 0 saturated carbocycles. The van der Waals surface area contributed by atoms with Gasteiger partial charge in [-0.2, -0.15) is 0 Å². The van der Waals surface area contributed by atoms with Crippen molar-refractivity contribution < 1.29 is 0 Å². The fourth-order valence-electron chi connectivity index (χ4n) is 2.07. The number of aromatic amines is 2. The Bertz CT molecular complexity index is 675. The molecule has 2 rings (SSSR count). The molecule has 0 saturated heterocycles. The second kappa shape index (κ2) is 6.19. The molecule has 0 radical (unpaired) electrons. The Kier molecular flexibility index (Phi) is 4.58. The Morgan fingerprint density at radius 2 is 1.79 bits per heavy atom. The van der Waals surface area contributed by atoms with Gasteiger partial charge in [0.1, 0.15) is 0 Å². The molecular weight excluding hydrogens is 308 g/mol. The van der Waals surface area contributed by atoms with Gasteiger partial charge in [0, 0.05) is 4.83 Å². The van der Waals surface area contributed by atoms with E-state index in [0.29, 0.717) is 11.0 Å². The van der Waals surface area contributed by atoms with Crippen molar-refractivity contribution in [2.24, 2.45) is 0 Å². The van der Waals surface area contributed by atoms with Crippen molar-refractivity contribution in [1.82, 2.24) is 9.97 Å². The van der Waals surface area contributed by atoms with E-state index in [0.717, 1.165) is 12.0 Å². The second-order valence-electron chi connectivity index (χ2n) is 4.68. The normalized spacial score (nSPS) is 12.7. The van der Waals surface area contributed by atoms with E-state index in [1.165, 1.54) is 19.3 Å². The van der Waals surface area contributed by atoms with Gasteiger partial charge in [-0.1, -0.05) is 48.2 Å². The number of halogens is 1. The summed E-state index contributed by atoms with van der Waals surface area (Å²) in [5, 5.41) is 0. The zero-order valence-electron chi connectivity index (χ0n) is 10.8. The van der Waals surface area contributed by atoms with Crippen molar-refractivity contribution in [1.29, 1.82) is 0 Å². The Labute approximate surface area is 119 Å². The molecule has 1 heterocycles. The van der Waals surface area contributed by atoms with E-state index in [-0.39, 0.29) is 4.83 Å². The number of benzene rings is 1. The summed E-state index contributed by atoms with van der Waals surface area (Å²) in [4.78, 5) is 28.0. The summed E-state index contributed by atoms with van der Waals surface area (Å²) in [7, 11) is 0. The number of hydrogen-bond acceptors (Lipinski definition) is 2. The topological polar surface area (TPSA) is 65.7 Å². The van der Waals surface area contributed by atoms with Gasteiger partial charge in [-0.25, -0.2) is 0 Å². The molecule has 102 valence electrons. The van der Waals surface area contributed by atoms with Gasteiger partial charge < -0.3 is 9.97 Å². The summed E-state index contributed by atoms with van der Waals surface area (Å²) in [5.74, 6) is 0. The molecule has 1 aromatic carbocycles. The van der Waals surface area contributed by atoms with Crippen LogP contribution in [0.3, 0.4) is 0 Å². The molecule has 4 nitrogen and oxygen atoms in total. The number of unbranched alkanes of at least 4 members (excludes halogenated alkanes) is 2. The Balaban J connectivity index is 2.28. The summed E-state index contributed by atoms with van der Waals surface area (Å²) in [6.45, 7) is 2.18. The molecule has 0 spiro atoms. The van der Waals surface area contributed by atoms with E-state index >= 15 is 0 Å². The third-order valence-corrected chi connectivity index (χ3v) is 4.16. The van der Waals surface area contributed by atoms with Gasteiger partial charge in [-0.3, -0.25) is 9.59 Å².